The summed E-state index contributed by atoms with van der Waals surface area (Å²) >= 11 is 0. The van der Waals surface area contributed by atoms with E-state index in [9.17, 15) is 0 Å². The van der Waals surface area contributed by atoms with Gasteiger partial charge in [0.05, 0.1) is 10.9 Å². The fraction of sp³-hybridized carbons (Fsp3) is 0.0455. The maximum atomic E-state index is 2.60. The van der Waals surface area contributed by atoms with Gasteiger partial charge in [0.15, 0.2) is 0 Å². The molecule has 0 aliphatic carbocycles. The lowest BCUT2D eigenvalue weighted by molar-refractivity contribution is 0.750. The first-order valence-corrected chi connectivity index (χ1v) is 16.4. The van der Waals surface area contributed by atoms with Crippen LogP contribution in [0.1, 0.15) is 33.4 Å². The molecular weight excluding hydrogens is 553 g/mol. The summed E-state index contributed by atoms with van der Waals surface area (Å²) in [4.78, 5) is 0. The molecule has 0 bridgehead atoms. The van der Waals surface area contributed by atoms with E-state index in [0.29, 0.717) is 0 Å². The Morgan fingerprint density at radius 3 is 1.93 bits per heavy atom. The molecule has 3 aliphatic rings. The van der Waals surface area contributed by atoms with Crippen molar-refractivity contribution in [3.8, 4) is 16.8 Å². The van der Waals surface area contributed by atoms with E-state index in [1.165, 1.54) is 88.4 Å². The molecule has 0 unspecified atom stereocenters. The lowest BCUT2D eigenvalue weighted by Crippen LogP contribution is -2.67. The molecule has 46 heavy (non-hydrogen) atoms. The number of nitrogens with zero attached hydrogens (tertiary/aromatic N) is 1. The van der Waals surface area contributed by atoms with Crippen molar-refractivity contribution in [1.82, 2.24) is 4.57 Å². The highest BCUT2D eigenvalue weighted by atomic mass is 15.0. The van der Waals surface area contributed by atoms with Crippen LogP contribution in [0.3, 0.4) is 0 Å². The summed E-state index contributed by atoms with van der Waals surface area (Å²) in [5.41, 5.74) is 18.9. The number of benzene rings is 7. The Morgan fingerprint density at radius 2 is 1.17 bits per heavy atom. The first-order valence-electron chi connectivity index (χ1n) is 16.4. The lowest BCUT2D eigenvalue weighted by atomic mass is 9.27. The summed E-state index contributed by atoms with van der Waals surface area (Å²) in [6, 6.07) is 59.5. The molecule has 1 nitrogen and oxygen atoms in total. The van der Waals surface area contributed by atoms with E-state index in [2.05, 4.69) is 162 Å². The molecule has 0 saturated carbocycles. The Balaban J connectivity index is 1.44. The van der Waals surface area contributed by atoms with Crippen molar-refractivity contribution in [1.29, 1.82) is 0 Å². The molecule has 212 valence electrons. The van der Waals surface area contributed by atoms with Gasteiger partial charge in [-0.2, -0.15) is 0 Å². The van der Waals surface area contributed by atoms with Gasteiger partial charge in [-0.1, -0.05) is 151 Å². The molecule has 0 spiro atoms. The molecule has 0 fully saturated rings. The molecule has 7 aromatic carbocycles. The largest absolute Gasteiger partial charge is 0.310 e. The molecule has 0 amide bonds. The number of hydrogen-bond acceptors (Lipinski definition) is 0. The fourth-order valence-corrected chi connectivity index (χ4v) is 9.56. The molecule has 3 aliphatic heterocycles. The first-order chi connectivity index (χ1) is 22.9. The minimum absolute atomic E-state index is 0.171. The summed E-state index contributed by atoms with van der Waals surface area (Å²) in [6.07, 6.45) is 0.954. The van der Waals surface area contributed by atoms with E-state index < -0.39 is 5.41 Å². The van der Waals surface area contributed by atoms with E-state index in [1.807, 2.05) is 0 Å². The zero-order chi connectivity index (χ0) is 30.0. The standard InChI is InChI=1S/C44H28BN/c1-4-13-28(14-5-1)33-25-26-38-42-39(33)44(31-16-6-2-7-17-31,32-18-8-3-9-19-32)36-21-12-15-29-27-30-23-24-35-34-20-10-11-22-37(34)46(38)43(35)41(30)45(42)40(29)36/h1-26H,27H2. The van der Waals surface area contributed by atoms with E-state index in [0.717, 1.165) is 6.42 Å². The number of fused-ring (bicyclic) bond motifs is 4. The van der Waals surface area contributed by atoms with Crippen LogP contribution in [-0.4, -0.2) is 11.3 Å². The van der Waals surface area contributed by atoms with Crippen LogP contribution in [0.15, 0.2) is 158 Å². The normalized spacial score (nSPS) is 14.6. The Kier molecular flexibility index (Phi) is 4.71. The Bertz CT molecular complexity index is 2500. The molecule has 2 heteroatoms. The van der Waals surface area contributed by atoms with Gasteiger partial charge in [-0.05, 0) is 74.0 Å². The van der Waals surface area contributed by atoms with Gasteiger partial charge in [-0.25, -0.2) is 0 Å². The van der Waals surface area contributed by atoms with E-state index in [-0.39, 0.29) is 6.71 Å². The van der Waals surface area contributed by atoms with Gasteiger partial charge in [0.25, 0.3) is 0 Å². The number of para-hydroxylation sites is 1. The number of hydrogen-bond donors (Lipinski definition) is 0. The van der Waals surface area contributed by atoms with Gasteiger partial charge in [-0.15, -0.1) is 0 Å². The zero-order valence-corrected chi connectivity index (χ0v) is 25.2. The molecular formula is C44H28BN. The minimum atomic E-state index is -0.507. The van der Waals surface area contributed by atoms with Crippen molar-refractivity contribution < 1.29 is 0 Å². The van der Waals surface area contributed by atoms with Crippen LogP contribution in [0.5, 0.6) is 0 Å². The van der Waals surface area contributed by atoms with Gasteiger partial charge >= 0.3 is 0 Å². The highest BCUT2D eigenvalue weighted by Crippen LogP contribution is 2.51. The van der Waals surface area contributed by atoms with Crippen LogP contribution < -0.4 is 16.4 Å². The molecule has 4 heterocycles. The van der Waals surface area contributed by atoms with Crippen molar-refractivity contribution in [3.05, 3.63) is 191 Å². The SMILES string of the molecule is c1ccc(-c2ccc3c4c2C(c2ccccc2)(c2ccccc2)c2cccc5c2B4c2c(ccc4c6ccccc6n-3c24)C5)cc1. The molecule has 8 aromatic rings. The van der Waals surface area contributed by atoms with E-state index in [4.69, 9.17) is 0 Å². The maximum absolute atomic E-state index is 2.60. The minimum Gasteiger partial charge on any atom is -0.310 e. The second-order valence-corrected chi connectivity index (χ2v) is 13.1. The Labute approximate surface area is 268 Å². The van der Waals surface area contributed by atoms with Crippen molar-refractivity contribution in [3.63, 3.8) is 0 Å². The zero-order valence-electron chi connectivity index (χ0n) is 25.2. The quantitative estimate of drug-likeness (QED) is 0.187. The molecule has 0 N–H and O–H groups in total. The Morgan fingerprint density at radius 1 is 0.500 bits per heavy atom. The van der Waals surface area contributed by atoms with Crippen molar-refractivity contribution in [2.75, 3.05) is 0 Å². The maximum Gasteiger partial charge on any atom is 0.248 e. The highest BCUT2D eigenvalue weighted by molar-refractivity contribution is 7.00. The first kappa shape index (κ1) is 24.7. The smallest absolute Gasteiger partial charge is 0.248 e. The predicted molar refractivity (Wildman–Crippen MR) is 192 cm³/mol. The molecule has 1 aromatic heterocycles. The van der Waals surface area contributed by atoms with Crippen LogP contribution in [0.4, 0.5) is 0 Å². The van der Waals surface area contributed by atoms with E-state index in [1.54, 1.807) is 0 Å². The van der Waals surface area contributed by atoms with Gasteiger partial charge in [0.1, 0.15) is 0 Å². The third-order valence-electron chi connectivity index (χ3n) is 11.2. The van der Waals surface area contributed by atoms with Gasteiger partial charge in [-0.3, -0.25) is 0 Å². The topological polar surface area (TPSA) is 4.93 Å². The number of aromatic nitrogens is 1. The third kappa shape index (κ3) is 2.85. The van der Waals surface area contributed by atoms with Crippen molar-refractivity contribution >= 4 is 44.9 Å². The summed E-state index contributed by atoms with van der Waals surface area (Å²) in [7, 11) is 0. The van der Waals surface area contributed by atoms with Crippen LogP contribution in [0.2, 0.25) is 0 Å². The summed E-state index contributed by atoms with van der Waals surface area (Å²) in [5, 5.41) is 2.69. The van der Waals surface area contributed by atoms with E-state index >= 15 is 0 Å². The lowest BCUT2D eigenvalue weighted by Gasteiger charge is -2.49. The average Bonchev–Trinajstić information content (AvgIpc) is 3.47. The average molecular weight is 582 g/mol. The summed E-state index contributed by atoms with van der Waals surface area (Å²) in [5.74, 6) is 0. The van der Waals surface area contributed by atoms with Crippen LogP contribution in [-0.2, 0) is 11.8 Å². The predicted octanol–water partition coefficient (Wildman–Crippen LogP) is 7.88. The van der Waals surface area contributed by atoms with Gasteiger partial charge in [0, 0.05) is 22.0 Å². The van der Waals surface area contributed by atoms with Gasteiger partial charge in [0.2, 0.25) is 6.71 Å². The molecule has 11 rings (SSSR count). The highest BCUT2D eigenvalue weighted by Gasteiger charge is 2.54. The van der Waals surface area contributed by atoms with Crippen molar-refractivity contribution in [2.45, 2.75) is 11.8 Å². The second kappa shape index (κ2) is 8.77. The molecule has 0 saturated heterocycles. The van der Waals surface area contributed by atoms with Crippen molar-refractivity contribution in [2.24, 2.45) is 0 Å². The van der Waals surface area contributed by atoms with Crippen LogP contribution in [0, 0.1) is 0 Å². The third-order valence-corrected chi connectivity index (χ3v) is 11.2. The molecule has 0 radical (unpaired) electrons. The van der Waals surface area contributed by atoms with Crippen LogP contribution >= 0.6 is 0 Å². The molecule has 0 atom stereocenters. The Hall–Kier alpha value is -5.60. The summed E-state index contributed by atoms with van der Waals surface area (Å²) in [6.45, 7) is 0.171. The summed E-state index contributed by atoms with van der Waals surface area (Å²) < 4.78 is 2.60. The monoisotopic (exact) mass is 581 g/mol. The fourth-order valence-electron chi connectivity index (χ4n) is 9.56. The van der Waals surface area contributed by atoms with Crippen LogP contribution in [0.25, 0.3) is 38.6 Å². The second-order valence-electron chi connectivity index (χ2n) is 13.1. The van der Waals surface area contributed by atoms with Gasteiger partial charge < -0.3 is 4.57 Å². The number of rotatable bonds is 3.